The number of nitrogens with zero attached hydrogens (tertiary/aromatic N) is 4. The van der Waals surface area contributed by atoms with Crippen molar-refractivity contribution < 1.29 is 14.3 Å². The molecule has 8 nitrogen and oxygen atoms in total. The van der Waals surface area contributed by atoms with E-state index in [9.17, 15) is 4.79 Å². The second kappa shape index (κ2) is 9.93. The highest BCUT2D eigenvalue weighted by Gasteiger charge is 2.18. The molecule has 0 aliphatic rings. The van der Waals surface area contributed by atoms with Gasteiger partial charge in [0.15, 0.2) is 0 Å². The number of hydrogen-bond acceptors (Lipinski definition) is 6. The van der Waals surface area contributed by atoms with Crippen LogP contribution >= 0.6 is 0 Å². The van der Waals surface area contributed by atoms with Gasteiger partial charge in [-0.15, -0.1) is 0 Å². The number of hydrogen-bond donors (Lipinski definition) is 1. The van der Waals surface area contributed by atoms with E-state index >= 15 is 0 Å². The smallest absolute Gasteiger partial charge is 0.297 e. The maximum Gasteiger partial charge on any atom is 0.297 e. The Balaban J connectivity index is 1.66. The molecular formula is C26H29N5O3. The standard InChI is InChI=1S/C26H29N5O3/c1-17-11-12-21(30(3)24(32)14-27)18(2)20(17)16-34-23-10-7-9-22-25(23)29-26(33-4)31(22)15-19-8-5-6-13-28-19/h5-13H,14-16,27H2,1-4H3. The van der Waals surface area contributed by atoms with Crippen LogP contribution in [-0.4, -0.2) is 41.1 Å². The van der Waals surface area contributed by atoms with E-state index < -0.39 is 0 Å². The lowest BCUT2D eigenvalue weighted by Crippen LogP contribution is -2.33. The molecule has 2 N–H and O–H groups in total. The molecule has 2 aromatic heterocycles. The van der Waals surface area contributed by atoms with Crippen LogP contribution in [0.25, 0.3) is 11.0 Å². The fourth-order valence-corrected chi connectivity index (χ4v) is 4.07. The molecule has 8 heteroatoms. The Bertz CT molecular complexity index is 1320. The van der Waals surface area contributed by atoms with Crippen LogP contribution in [-0.2, 0) is 17.9 Å². The molecule has 0 radical (unpaired) electrons. The van der Waals surface area contributed by atoms with Crippen LogP contribution in [0, 0.1) is 13.8 Å². The molecule has 0 aliphatic carbocycles. The van der Waals surface area contributed by atoms with Crippen LogP contribution in [0.4, 0.5) is 5.69 Å². The zero-order chi connectivity index (χ0) is 24.2. The van der Waals surface area contributed by atoms with Crippen molar-refractivity contribution in [3.05, 3.63) is 77.1 Å². The third-order valence-corrected chi connectivity index (χ3v) is 6.02. The number of rotatable bonds is 8. The minimum absolute atomic E-state index is 0.0410. The summed E-state index contributed by atoms with van der Waals surface area (Å²) >= 11 is 0. The van der Waals surface area contributed by atoms with Gasteiger partial charge in [0.2, 0.25) is 5.91 Å². The normalized spacial score (nSPS) is 11.0. The van der Waals surface area contributed by atoms with Crippen LogP contribution in [0.2, 0.25) is 0 Å². The Kier molecular flexibility index (Phi) is 6.79. The van der Waals surface area contributed by atoms with E-state index in [1.54, 1.807) is 25.3 Å². The molecule has 0 bridgehead atoms. The monoisotopic (exact) mass is 459 g/mol. The van der Waals surface area contributed by atoms with Crippen molar-refractivity contribution in [3.63, 3.8) is 0 Å². The number of amides is 1. The SMILES string of the molecule is COc1nc2c(OCc3c(C)ccc(N(C)C(=O)CN)c3C)cccc2n1Cc1ccccn1. The first kappa shape index (κ1) is 23.3. The van der Waals surface area contributed by atoms with Gasteiger partial charge >= 0.3 is 0 Å². The lowest BCUT2D eigenvalue weighted by molar-refractivity contribution is -0.117. The molecule has 0 saturated carbocycles. The zero-order valence-corrected chi connectivity index (χ0v) is 19.9. The lowest BCUT2D eigenvalue weighted by Gasteiger charge is -2.22. The summed E-state index contributed by atoms with van der Waals surface area (Å²) in [4.78, 5) is 22.8. The summed E-state index contributed by atoms with van der Waals surface area (Å²) in [5, 5.41) is 0. The maximum atomic E-state index is 12.1. The van der Waals surface area contributed by atoms with E-state index in [4.69, 9.17) is 15.2 Å². The number of aryl methyl sites for hydroxylation is 1. The van der Waals surface area contributed by atoms with Gasteiger partial charge < -0.3 is 20.1 Å². The van der Waals surface area contributed by atoms with E-state index in [2.05, 4.69) is 9.97 Å². The van der Waals surface area contributed by atoms with E-state index in [1.165, 1.54) is 0 Å². The number of fused-ring (bicyclic) bond motifs is 1. The summed E-state index contributed by atoms with van der Waals surface area (Å²) in [5.74, 6) is 0.514. The molecule has 34 heavy (non-hydrogen) atoms. The Morgan fingerprint density at radius 2 is 1.94 bits per heavy atom. The average Bonchev–Trinajstić information content (AvgIpc) is 3.21. The van der Waals surface area contributed by atoms with Gasteiger partial charge in [-0.2, -0.15) is 4.98 Å². The van der Waals surface area contributed by atoms with E-state index in [-0.39, 0.29) is 12.5 Å². The molecular weight excluding hydrogens is 430 g/mol. The maximum absolute atomic E-state index is 12.1. The van der Waals surface area contributed by atoms with Gasteiger partial charge in [0.1, 0.15) is 17.9 Å². The summed E-state index contributed by atoms with van der Waals surface area (Å²) in [5.41, 5.74) is 12.0. The molecule has 4 aromatic rings. The van der Waals surface area contributed by atoms with E-state index in [0.717, 1.165) is 39.1 Å². The number of para-hydroxylation sites is 1. The summed E-state index contributed by atoms with van der Waals surface area (Å²) in [6.45, 7) is 4.86. The van der Waals surface area contributed by atoms with Gasteiger partial charge in [0.05, 0.1) is 31.4 Å². The highest BCUT2D eigenvalue weighted by Crippen LogP contribution is 2.32. The first-order valence-corrected chi connectivity index (χ1v) is 11.1. The number of anilines is 1. The second-order valence-corrected chi connectivity index (χ2v) is 8.08. The zero-order valence-electron chi connectivity index (χ0n) is 19.9. The minimum atomic E-state index is -0.144. The van der Waals surface area contributed by atoms with Gasteiger partial charge in [-0.1, -0.05) is 18.2 Å². The highest BCUT2D eigenvalue weighted by atomic mass is 16.5. The predicted octanol–water partition coefficient (Wildman–Crippen LogP) is 3.61. The van der Waals surface area contributed by atoms with Crippen LogP contribution in [0.15, 0.2) is 54.7 Å². The third kappa shape index (κ3) is 4.45. The minimum Gasteiger partial charge on any atom is -0.487 e. The molecule has 4 rings (SSSR count). The summed E-state index contributed by atoms with van der Waals surface area (Å²) in [7, 11) is 3.34. The first-order valence-electron chi connectivity index (χ1n) is 11.1. The van der Waals surface area contributed by atoms with Gasteiger partial charge in [-0.25, -0.2) is 0 Å². The number of nitrogens with two attached hydrogens (primary N) is 1. The Morgan fingerprint density at radius 3 is 2.65 bits per heavy atom. The molecule has 2 heterocycles. The number of likely N-dealkylation sites (N-methyl/N-ethyl adjacent to an activating group) is 1. The quantitative estimate of drug-likeness (QED) is 0.433. The summed E-state index contributed by atoms with van der Waals surface area (Å²) < 4.78 is 13.8. The Hall–Kier alpha value is -3.91. The van der Waals surface area contributed by atoms with Crippen LogP contribution in [0.3, 0.4) is 0 Å². The molecule has 176 valence electrons. The molecule has 0 fully saturated rings. The summed E-state index contributed by atoms with van der Waals surface area (Å²) in [6, 6.07) is 16.1. The molecule has 0 atom stereocenters. The molecule has 2 aromatic carbocycles. The van der Waals surface area contributed by atoms with Crippen molar-refractivity contribution in [2.24, 2.45) is 5.73 Å². The number of benzene rings is 2. The number of pyridine rings is 1. The highest BCUT2D eigenvalue weighted by molar-refractivity contribution is 5.95. The van der Waals surface area contributed by atoms with Crippen molar-refractivity contribution in [1.29, 1.82) is 0 Å². The van der Waals surface area contributed by atoms with Crippen molar-refractivity contribution in [3.8, 4) is 11.8 Å². The van der Waals surface area contributed by atoms with Crippen molar-refractivity contribution in [1.82, 2.24) is 14.5 Å². The predicted molar refractivity (Wildman–Crippen MR) is 132 cm³/mol. The number of carbonyl (C=O) groups is 1. The number of carbonyl (C=O) groups excluding carboxylic acids is 1. The molecule has 0 spiro atoms. The van der Waals surface area contributed by atoms with Crippen LogP contribution < -0.4 is 20.1 Å². The number of imidazole rings is 1. The average molecular weight is 460 g/mol. The van der Waals surface area contributed by atoms with Gasteiger partial charge in [-0.05, 0) is 60.9 Å². The van der Waals surface area contributed by atoms with Crippen LogP contribution in [0.5, 0.6) is 11.8 Å². The summed E-state index contributed by atoms with van der Waals surface area (Å²) in [6.07, 6.45) is 1.77. The third-order valence-electron chi connectivity index (χ3n) is 6.02. The van der Waals surface area contributed by atoms with Gasteiger partial charge in [0, 0.05) is 18.9 Å². The number of methoxy groups -OCH3 is 1. The van der Waals surface area contributed by atoms with Crippen molar-refractivity contribution in [2.45, 2.75) is 27.0 Å². The van der Waals surface area contributed by atoms with E-state index in [1.807, 2.05) is 66.9 Å². The van der Waals surface area contributed by atoms with Crippen molar-refractivity contribution >= 4 is 22.6 Å². The molecule has 0 aliphatic heterocycles. The number of ether oxygens (including phenoxy) is 2. The Morgan fingerprint density at radius 1 is 1.12 bits per heavy atom. The van der Waals surface area contributed by atoms with Gasteiger partial charge in [0.25, 0.3) is 6.01 Å². The van der Waals surface area contributed by atoms with Crippen molar-refractivity contribution in [2.75, 3.05) is 25.6 Å². The number of aromatic nitrogens is 3. The Labute approximate surface area is 198 Å². The first-order chi connectivity index (χ1) is 16.4. The molecule has 0 saturated heterocycles. The second-order valence-electron chi connectivity index (χ2n) is 8.08. The van der Waals surface area contributed by atoms with Gasteiger partial charge in [-0.3, -0.25) is 14.3 Å². The fraction of sp³-hybridized carbons (Fsp3) is 0.269. The largest absolute Gasteiger partial charge is 0.487 e. The fourth-order valence-electron chi connectivity index (χ4n) is 4.07. The van der Waals surface area contributed by atoms with Crippen LogP contribution in [0.1, 0.15) is 22.4 Å². The van der Waals surface area contributed by atoms with E-state index in [0.29, 0.717) is 24.9 Å². The molecule has 0 unspecified atom stereocenters. The lowest BCUT2D eigenvalue weighted by atomic mass is 10.0. The topological polar surface area (TPSA) is 95.5 Å². The molecule has 1 amide bonds.